The van der Waals surface area contributed by atoms with Gasteiger partial charge in [0, 0.05) is 44.1 Å². The van der Waals surface area contributed by atoms with Crippen molar-refractivity contribution in [3.8, 4) is 0 Å². The van der Waals surface area contributed by atoms with Crippen LogP contribution in [0.5, 0.6) is 0 Å². The predicted molar refractivity (Wildman–Crippen MR) is 97.9 cm³/mol. The van der Waals surface area contributed by atoms with Gasteiger partial charge in [0.25, 0.3) is 11.8 Å². The summed E-state index contributed by atoms with van der Waals surface area (Å²) in [6, 6.07) is 5.84. The zero-order valence-electron chi connectivity index (χ0n) is 15.1. The molecule has 3 rings (SSSR count). The normalized spacial score (nSPS) is 15.2. The van der Waals surface area contributed by atoms with E-state index < -0.39 is 0 Å². The number of rotatable bonds is 2. The summed E-state index contributed by atoms with van der Waals surface area (Å²) in [5.41, 5.74) is 4.79. The van der Waals surface area contributed by atoms with Gasteiger partial charge in [-0.15, -0.1) is 0 Å². The molecule has 1 aromatic carbocycles. The van der Waals surface area contributed by atoms with Crippen molar-refractivity contribution >= 4 is 11.8 Å². The van der Waals surface area contributed by atoms with E-state index in [0.717, 1.165) is 23.1 Å². The fourth-order valence-corrected chi connectivity index (χ4v) is 3.32. The van der Waals surface area contributed by atoms with Crippen LogP contribution in [0.25, 0.3) is 0 Å². The number of benzene rings is 1. The molecule has 0 unspecified atom stereocenters. The van der Waals surface area contributed by atoms with Crippen LogP contribution < -0.4 is 0 Å². The molecule has 0 saturated carbocycles. The monoisotopic (exact) mass is 339 g/mol. The maximum absolute atomic E-state index is 13.0. The van der Waals surface area contributed by atoms with Crippen LogP contribution in [-0.4, -0.2) is 52.8 Å². The van der Waals surface area contributed by atoms with E-state index in [2.05, 4.69) is 18.0 Å². The molecule has 0 spiro atoms. The van der Waals surface area contributed by atoms with Gasteiger partial charge in [-0.05, 0) is 56.0 Å². The highest BCUT2D eigenvalue weighted by atomic mass is 16.2. The van der Waals surface area contributed by atoms with E-state index >= 15 is 0 Å². The minimum Gasteiger partial charge on any atom is -0.367 e. The molecule has 1 aliphatic heterocycles. The van der Waals surface area contributed by atoms with Gasteiger partial charge in [-0.3, -0.25) is 9.59 Å². The first-order valence-electron chi connectivity index (χ1n) is 8.76. The van der Waals surface area contributed by atoms with E-state index in [1.807, 2.05) is 29.7 Å². The van der Waals surface area contributed by atoms with Crippen molar-refractivity contribution in [2.24, 2.45) is 0 Å². The average Bonchev–Trinajstić information content (AvgIpc) is 3.01. The van der Waals surface area contributed by atoms with Gasteiger partial charge < -0.3 is 14.8 Å². The highest BCUT2D eigenvalue weighted by Gasteiger charge is 2.24. The second-order valence-electron chi connectivity index (χ2n) is 6.79. The Hall–Kier alpha value is -2.56. The first kappa shape index (κ1) is 17.3. The molecule has 1 aliphatic rings. The van der Waals surface area contributed by atoms with Gasteiger partial charge in [-0.2, -0.15) is 0 Å². The summed E-state index contributed by atoms with van der Waals surface area (Å²) >= 11 is 0. The molecule has 2 amide bonds. The van der Waals surface area contributed by atoms with E-state index in [1.54, 1.807) is 18.5 Å². The van der Waals surface area contributed by atoms with Crippen molar-refractivity contribution in [2.45, 2.75) is 27.2 Å². The van der Waals surface area contributed by atoms with Crippen molar-refractivity contribution < 1.29 is 9.59 Å². The lowest BCUT2D eigenvalue weighted by atomic mass is 10.00. The van der Waals surface area contributed by atoms with Gasteiger partial charge >= 0.3 is 0 Å². The predicted octanol–water partition coefficient (Wildman–Crippen LogP) is 2.93. The van der Waals surface area contributed by atoms with Gasteiger partial charge in [-0.1, -0.05) is 6.07 Å². The Morgan fingerprint density at radius 2 is 1.52 bits per heavy atom. The number of H-pyrrole nitrogens is 1. The average molecular weight is 339 g/mol. The third kappa shape index (κ3) is 3.60. The molecule has 132 valence electrons. The molecule has 5 nitrogen and oxygen atoms in total. The Morgan fingerprint density at radius 1 is 0.880 bits per heavy atom. The van der Waals surface area contributed by atoms with E-state index in [-0.39, 0.29) is 11.8 Å². The number of hydrogen-bond acceptors (Lipinski definition) is 2. The van der Waals surface area contributed by atoms with E-state index in [4.69, 9.17) is 0 Å². The quantitative estimate of drug-likeness (QED) is 0.914. The Kier molecular flexibility index (Phi) is 4.93. The molecule has 1 fully saturated rings. The number of aryl methyl sites for hydroxylation is 3. The van der Waals surface area contributed by atoms with Gasteiger partial charge in [0.1, 0.15) is 0 Å². The van der Waals surface area contributed by atoms with Crippen molar-refractivity contribution in [1.82, 2.24) is 14.8 Å². The third-order valence-corrected chi connectivity index (χ3v) is 4.99. The van der Waals surface area contributed by atoms with Crippen molar-refractivity contribution in [3.63, 3.8) is 0 Å². The Labute approximate surface area is 148 Å². The smallest absolute Gasteiger partial charge is 0.255 e. The number of nitrogens with one attached hydrogen (secondary N) is 1. The minimum atomic E-state index is 0.0258. The molecular formula is C20H25N3O2. The Balaban J connectivity index is 1.72. The molecule has 5 heteroatoms. The molecule has 0 aliphatic carbocycles. The summed E-state index contributed by atoms with van der Waals surface area (Å²) in [6.07, 6.45) is 4.27. The van der Waals surface area contributed by atoms with Crippen molar-refractivity contribution in [1.29, 1.82) is 0 Å². The molecule has 2 heterocycles. The lowest BCUT2D eigenvalue weighted by Gasteiger charge is -2.23. The maximum Gasteiger partial charge on any atom is 0.255 e. The van der Waals surface area contributed by atoms with Crippen molar-refractivity contribution in [2.75, 3.05) is 26.2 Å². The van der Waals surface area contributed by atoms with E-state index in [9.17, 15) is 9.59 Å². The van der Waals surface area contributed by atoms with Crippen LogP contribution in [0.1, 0.15) is 43.8 Å². The molecule has 1 N–H and O–H groups in total. The van der Waals surface area contributed by atoms with Crippen LogP contribution in [0.15, 0.2) is 30.6 Å². The molecule has 25 heavy (non-hydrogen) atoms. The SMILES string of the molecule is Cc1cc(C)c(C(=O)N2CCCN(C(=O)c3cc[nH]c3)CC2)cc1C. The summed E-state index contributed by atoms with van der Waals surface area (Å²) in [5.74, 6) is 0.0921. The van der Waals surface area contributed by atoms with Gasteiger partial charge in [-0.25, -0.2) is 0 Å². The Bertz CT molecular complexity index is 780. The molecule has 1 aromatic heterocycles. The summed E-state index contributed by atoms with van der Waals surface area (Å²) in [4.78, 5) is 32.1. The fourth-order valence-electron chi connectivity index (χ4n) is 3.32. The number of hydrogen-bond donors (Lipinski definition) is 1. The molecular weight excluding hydrogens is 314 g/mol. The molecule has 0 bridgehead atoms. The zero-order valence-corrected chi connectivity index (χ0v) is 15.1. The third-order valence-electron chi connectivity index (χ3n) is 4.99. The largest absolute Gasteiger partial charge is 0.367 e. The second-order valence-corrected chi connectivity index (χ2v) is 6.79. The maximum atomic E-state index is 13.0. The highest BCUT2D eigenvalue weighted by molar-refractivity contribution is 5.96. The van der Waals surface area contributed by atoms with Gasteiger partial charge in [0.15, 0.2) is 0 Å². The lowest BCUT2D eigenvalue weighted by molar-refractivity contribution is 0.0718. The van der Waals surface area contributed by atoms with Crippen molar-refractivity contribution in [3.05, 3.63) is 58.4 Å². The van der Waals surface area contributed by atoms with Crippen LogP contribution in [0.3, 0.4) is 0 Å². The number of nitrogens with zero attached hydrogens (tertiary/aromatic N) is 2. The van der Waals surface area contributed by atoms with Gasteiger partial charge in [0.2, 0.25) is 0 Å². The number of carbonyl (C=O) groups is 2. The Morgan fingerprint density at radius 3 is 2.16 bits per heavy atom. The first-order valence-corrected chi connectivity index (χ1v) is 8.76. The number of amides is 2. The molecule has 2 aromatic rings. The topological polar surface area (TPSA) is 56.4 Å². The molecule has 0 atom stereocenters. The molecule has 0 radical (unpaired) electrons. The summed E-state index contributed by atoms with van der Waals surface area (Å²) in [6.45, 7) is 8.58. The zero-order chi connectivity index (χ0) is 18.0. The standard InChI is InChI=1S/C20H25N3O2/c1-14-11-16(3)18(12-15(14)2)20(25)23-8-4-7-22(9-10-23)19(24)17-5-6-21-13-17/h5-6,11-13,21H,4,7-10H2,1-3H3. The van der Waals surface area contributed by atoms with Crippen LogP contribution in [0, 0.1) is 20.8 Å². The van der Waals surface area contributed by atoms with Crippen LogP contribution in [-0.2, 0) is 0 Å². The van der Waals surface area contributed by atoms with E-state index in [0.29, 0.717) is 31.7 Å². The lowest BCUT2D eigenvalue weighted by Crippen LogP contribution is -2.37. The number of carbonyl (C=O) groups excluding carboxylic acids is 2. The van der Waals surface area contributed by atoms with Crippen LogP contribution >= 0.6 is 0 Å². The summed E-state index contributed by atoms with van der Waals surface area (Å²) in [5, 5.41) is 0. The minimum absolute atomic E-state index is 0.0258. The summed E-state index contributed by atoms with van der Waals surface area (Å²) < 4.78 is 0. The van der Waals surface area contributed by atoms with Crippen LogP contribution in [0.2, 0.25) is 0 Å². The highest BCUT2D eigenvalue weighted by Crippen LogP contribution is 2.18. The number of aromatic amines is 1. The summed E-state index contributed by atoms with van der Waals surface area (Å²) in [7, 11) is 0. The second kappa shape index (κ2) is 7.13. The number of aromatic nitrogens is 1. The molecule has 1 saturated heterocycles. The fraction of sp³-hybridized carbons (Fsp3) is 0.400. The van der Waals surface area contributed by atoms with Crippen LogP contribution in [0.4, 0.5) is 0 Å². The van der Waals surface area contributed by atoms with E-state index in [1.165, 1.54) is 5.56 Å². The van der Waals surface area contributed by atoms with Gasteiger partial charge in [0.05, 0.1) is 5.56 Å². The first-order chi connectivity index (χ1) is 12.0.